The third-order valence-electron chi connectivity index (χ3n) is 8.22. The van der Waals surface area contributed by atoms with Gasteiger partial charge in [0.2, 0.25) is 0 Å². The van der Waals surface area contributed by atoms with Gasteiger partial charge in [0, 0.05) is 30.1 Å². The van der Waals surface area contributed by atoms with Gasteiger partial charge >= 0.3 is 5.97 Å². The molecule has 1 aliphatic heterocycles. The van der Waals surface area contributed by atoms with Crippen molar-refractivity contribution in [1.29, 1.82) is 0 Å². The van der Waals surface area contributed by atoms with Crippen molar-refractivity contribution in [3.63, 3.8) is 0 Å². The first-order valence-corrected chi connectivity index (χ1v) is 13.0. The van der Waals surface area contributed by atoms with Gasteiger partial charge < -0.3 is 19.8 Å². The highest BCUT2D eigenvalue weighted by Gasteiger charge is 2.43. The molecule has 2 aromatic carbocycles. The number of ether oxygens (including phenoxy) is 1. The molecule has 0 amide bonds. The molecule has 5 rings (SSSR count). The molecule has 7 nitrogen and oxygen atoms in total. The fourth-order valence-electron chi connectivity index (χ4n) is 5.90. The Labute approximate surface area is 216 Å². The van der Waals surface area contributed by atoms with Crippen LogP contribution in [0.3, 0.4) is 0 Å². The molecule has 1 aromatic heterocycles. The lowest BCUT2D eigenvalue weighted by Crippen LogP contribution is -2.54. The minimum Gasteiger partial charge on any atom is -0.497 e. The van der Waals surface area contributed by atoms with Crippen LogP contribution < -0.4 is 10.1 Å². The van der Waals surface area contributed by atoms with E-state index in [1.54, 1.807) is 18.2 Å². The van der Waals surface area contributed by atoms with Crippen LogP contribution in [0.15, 0.2) is 54.7 Å². The number of nitrogens with zero attached hydrogens (tertiary/aromatic N) is 2. The second kappa shape index (κ2) is 10.7. The average Bonchev–Trinajstić information content (AvgIpc) is 3.10. The third kappa shape index (κ3) is 5.19. The summed E-state index contributed by atoms with van der Waals surface area (Å²) in [5.41, 5.74) is 0.824. The van der Waals surface area contributed by atoms with Gasteiger partial charge in [0.05, 0.1) is 24.9 Å². The van der Waals surface area contributed by atoms with Gasteiger partial charge in [-0.2, -0.15) is 0 Å². The van der Waals surface area contributed by atoms with Gasteiger partial charge in [-0.3, -0.25) is 15.1 Å². The molecule has 1 saturated heterocycles. The second-order valence-corrected chi connectivity index (χ2v) is 10.3. The van der Waals surface area contributed by atoms with Crippen molar-refractivity contribution in [2.45, 2.75) is 55.7 Å². The largest absolute Gasteiger partial charge is 0.497 e. The molecule has 0 spiro atoms. The SMILES string of the molecule is COc1ccc2ncc(F)c([C@@H](O)CNC3(C(=O)O)CCCN(C4CC(c5ccccc5)C4)CC3)c2c1. The van der Waals surface area contributed by atoms with E-state index < -0.39 is 23.4 Å². The lowest BCUT2D eigenvalue weighted by molar-refractivity contribution is -0.145. The number of aromatic nitrogens is 1. The number of hydrogen-bond acceptors (Lipinski definition) is 6. The van der Waals surface area contributed by atoms with Gasteiger partial charge in [0.1, 0.15) is 17.1 Å². The van der Waals surface area contributed by atoms with Crippen LogP contribution in [-0.4, -0.2) is 64.4 Å². The van der Waals surface area contributed by atoms with E-state index in [1.165, 1.54) is 12.7 Å². The smallest absolute Gasteiger partial charge is 0.323 e. The number of aliphatic carboxylic acids is 1. The lowest BCUT2D eigenvalue weighted by atomic mass is 9.75. The topological polar surface area (TPSA) is 94.9 Å². The van der Waals surface area contributed by atoms with E-state index in [0.717, 1.165) is 32.0 Å². The number of rotatable bonds is 8. The van der Waals surface area contributed by atoms with Crippen molar-refractivity contribution in [3.05, 3.63) is 71.7 Å². The zero-order valence-corrected chi connectivity index (χ0v) is 21.1. The van der Waals surface area contributed by atoms with Crippen molar-refractivity contribution in [3.8, 4) is 5.75 Å². The van der Waals surface area contributed by atoms with Crippen LogP contribution in [0, 0.1) is 5.82 Å². The van der Waals surface area contributed by atoms with E-state index in [2.05, 4.69) is 39.5 Å². The predicted octanol–water partition coefficient (Wildman–Crippen LogP) is 4.26. The summed E-state index contributed by atoms with van der Waals surface area (Å²) in [7, 11) is 1.52. The molecule has 0 radical (unpaired) electrons. The number of methoxy groups -OCH3 is 1. The number of aliphatic hydroxyl groups excluding tert-OH is 1. The molecule has 2 atom stereocenters. The number of β-amino-alcohol motifs (C(OH)–C–C–N with tert-alkyl or cyclic N) is 1. The highest BCUT2D eigenvalue weighted by molar-refractivity contribution is 5.84. The van der Waals surface area contributed by atoms with Crippen LogP contribution >= 0.6 is 0 Å². The van der Waals surface area contributed by atoms with E-state index in [0.29, 0.717) is 48.0 Å². The van der Waals surface area contributed by atoms with Crippen LogP contribution in [0.25, 0.3) is 10.9 Å². The summed E-state index contributed by atoms with van der Waals surface area (Å²) in [5, 5.41) is 24.8. The number of carbonyl (C=O) groups is 1. The van der Waals surface area contributed by atoms with E-state index in [1.807, 2.05) is 6.07 Å². The monoisotopic (exact) mass is 507 g/mol. The third-order valence-corrected chi connectivity index (χ3v) is 8.22. The van der Waals surface area contributed by atoms with Crippen molar-refractivity contribution in [1.82, 2.24) is 15.2 Å². The van der Waals surface area contributed by atoms with Gasteiger partial charge in [0.15, 0.2) is 0 Å². The average molecular weight is 508 g/mol. The van der Waals surface area contributed by atoms with Gasteiger partial charge in [0.25, 0.3) is 0 Å². The van der Waals surface area contributed by atoms with Crippen LogP contribution in [0.1, 0.15) is 55.3 Å². The molecule has 3 aromatic rings. The van der Waals surface area contributed by atoms with Gasteiger partial charge in [-0.05, 0) is 68.3 Å². The van der Waals surface area contributed by atoms with Crippen molar-refractivity contribution >= 4 is 16.9 Å². The van der Waals surface area contributed by atoms with Gasteiger partial charge in [-0.1, -0.05) is 30.3 Å². The summed E-state index contributed by atoms with van der Waals surface area (Å²) >= 11 is 0. The molecular formula is C29H34FN3O4. The molecule has 1 unspecified atom stereocenters. The molecule has 0 bridgehead atoms. The summed E-state index contributed by atoms with van der Waals surface area (Å²) < 4.78 is 20.1. The molecule has 2 heterocycles. The first kappa shape index (κ1) is 25.6. The normalized spacial score (nSPS) is 25.3. The van der Waals surface area contributed by atoms with Crippen LogP contribution in [0.5, 0.6) is 5.75 Å². The minimum absolute atomic E-state index is 0.0843. The zero-order chi connectivity index (χ0) is 26.0. The molecule has 1 saturated carbocycles. The number of likely N-dealkylation sites (tertiary alicyclic amines) is 1. The molecule has 1 aliphatic carbocycles. The van der Waals surface area contributed by atoms with E-state index in [9.17, 15) is 19.4 Å². The van der Waals surface area contributed by atoms with Crippen LogP contribution in [0.2, 0.25) is 0 Å². The standard InChI is InChI=1S/C29H34FN3O4/c1-37-22-8-9-25-23(16-22)27(24(30)17-31-25)26(34)18-32-29(28(35)36)10-5-12-33(13-11-29)21-14-20(15-21)19-6-3-2-4-7-19/h2-4,6-9,16-17,20-21,26,32,34H,5,10-15,18H2,1H3,(H,35,36)/t20?,21?,26-,29?/m0/s1. The zero-order valence-electron chi connectivity index (χ0n) is 21.1. The Hall–Kier alpha value is -3.07. The number of carboxylic acid groups (broad SMARTS) is 1. The van der Waals surface area contributed by atoms with Crippen molar-refractivity contribution in [2.75, 3.05) is 26.7 Å². The fraction of sp³-hybridized carbons (Fsp3) is 0.448. The summed E-state index contributed by atoms with van der Waals surface area (Å²) in [4.78, 5) is 19.0. The number of carboxylic acids is 1. The number of pyridine rings is 1. The molecule has 196 valence electrons. The van der Waals surface area contributed by atoms with Crippen LogP contribution in [0.4, 0.5) is 4.39 Å². The van der Waals surface area contributed by atoms with Gasteiger partial charge in [-0.15, -0.1) is 0 Å². The Balaban J connectivity index is 1.26. The first-order chi connectivity index (χ1) is 17.9. The Bertz CT molecular complexity index is 1250. The maximum absolute atomic E-state index is 14.8. The van der Waals surface area contributed by atoms with E-state index >= 15 is 0 Å². The summed E-state index contributed by atoms with van der Waals surface area (Å²) in [5.74, 6) is -0.475. The maximum atomic E-state index is 14.8. The Morgan fingerprint density at radius 1 is 1.22 bits per heavy atom. The van der Waals surface area contributed by atoms with E-state index in [4.69, 9.17) is 4.74 Å². The lowest BCUT2D eigenvalue weighted by Gasteiger charge is -2.43. The number of nitrogens with one attached hydrogen (secondary N) is 1. The Morgan fingerprint density at radius 3 is 2.73 bits per heavy atom. The number of halogens is 1. The molecular weight excluding hydrogens is 473 g/mol. The fourth-order valence-corrected chi connectivity index (χ4v) is 5.90. The quantitative estimate of drug-likeness (QED) is 0.419. The van der Waals surface area contributed by atoms with E-state index in [-0.39, 0.29) is 12.1 Å². The minimum atomic E-state index is -1.24. The molecule has 2 fully saturated rings. The Morgan fingerprint density at radius 2 is 2.00 bits per heavy atom. The highest BCUT2D eigenvalue weighted by atomic mass is 19.1. The Kier molecular flexibility index (Phi) is 7.42. The number of hydrogen-bond donors (Lipinski definition) is 3. The number of benzene rings is 2. The second-order valence-electron chi connectivity index (χ2n) is 10.3. The molecule has 8 heteroatoms. The summed E-state index contributed by atoms with van der Waals surface area (Å²) in [6.07, 6.45) is 3.65. The first-order valence-electron chi connectivity index (χ1n) is 13.0. The maximum Gasteiger partial charge on any atom is 0.323 e. The van der Waals surface area contributed by atoms with Crippen LogP contribution in [-0.2, 0) is 4.79 Å². The van der Waals surface area contributed by atoms with Crippen molar-refractivity contribution in [2.24, 2.45) is 0 Å². The van der Waals surface area contributed by atoms with Crippen molar-refractivity contribution < 1.29 is 24.1 Å². The summed E-state index contributed by atoms with van der Waals surface area (Å²) in [6, 6.07) is 16.1. The number of aliphatic hydroxyl groups is 1. The summed E-state index contributed by atoms with van der Waals surface area (Å²) in [6.45, 7) is 1.44. The molecule has 2 aliphatic rings. The molecule has 3 N–H and O–H groups in total. The highest BCUT2D eigenvalue weighted by Crippen LogP contribution is 2.41. The van der Waals surface area contributed by atoms with Gasteiger partial charge in [-0.25, -0.2) is 4.39 Å². The number of fused-ring (bicyclic) bond motifs is 1. The predicted molar refractivity (Wildman–Crippen MR) is 139 cm³/mol. The molecule has 37 heavy (non-hydrogen) atoms.